The predicted octanol–water partition coefficient (Wildman–Crippen LogP) is 4.34. The monoisotopic (exact) mass is 468 g/mol. The van der Waals surface area contributed by atoms with Gasteiger partial charge in [-0.15, -0.1) is 0 Å². The summed E-state index contributed by atoms with van der Waals surface area (Å²) in [7, 11) is 0. The van der Waals surface area contributed by atoms with Gasteiger partial charge < -0.3 is 19.5 Å². The van der Waals surface area contributed by atoms with Crippen LogP contribution >= 0.6 is 15.9 Å². The van der Waals surface area contributed by atoms with Gasteiger partial charge >= 0.3 is 12.1 Å². The number of likely N-dealkylation sites (tertiary alicyclic amines) is 1. The number of aromatic nitrogens is 1. The Morgan fingerprint density at radius 1 is 1.28 bits per heavy atom. The number of carbonyl (C=O) groups excluding carboxylic acids is 1. The molecule has 2 fully saturated rings. The van der Waals surface area contributed by atoms with Gasteiger partial charge in [0.15, 0.2) is 0 Å². The predicted molar refractivity (Wildman–Crippen MR) is 111 cm³/mol. The summed E-state index contributed by atoms with van der Waals surface area (Å²) in [5.41, 5.74) is -0.466. The Labute approximate surface area is 179 Å². The summed E-state index contributed by atoms with van der Waals surface area (Å²) in [6.07, 6.45) is 5.57. The van der Waals surface area contributed by atoms with Crippen LogP contribution in [0.1, 0.15) is 58.4 Å². The van der Waals surface area contributed by atoms with Crippen molar-refractivity contribution in [1.82, 2.24) is 9.88 Å². The normalized spacial score (nSPS) is 27.2. The van der Waals surface area contributed by atoms with E-state index in [0.29, 0.717) is 25.9 Å². The lowest BCUT2D eigenvalue weighted by Gasteiger charge is -2.42. The summed E-state index contributed by atoms with van der Waals surface area (Å²) in [5, 5.41) is 9.19. The lowest BCUT2D eigenvalue weighted by atomic mass is 9.76. The number of carboxylic acids is 1. The number of halogens is 1. The molecule has 1 spiro atoms. The van der Waals surface area contributed by atoms with Gasteiger partial charge in [0, 0.05) is 24.8 Å². The maximum atomic E-state index is 12.6. The van der Waals surface area contributed by atoms with Crippen molar-refractivity contribution in [2.24, 2.45) is 5.41 Å². The summed E-state index contributed by atoms with van der Waals surface area (Å²) in [4.78, 5) is 29.9. The third-order valence-corrected chi connectivity index (χ3v) is 6.23. The fraction of sp³-hybridized carbons (Fsp3) is 0.667. The summed E-state index contributed by atoms with van der Waals surface area (Å²) < 4.78 is 12.3. The van der Waals surface area contributed by atoms with Crippen LogP contribution in [0.5, 0.6) is 0 Å². The van der Waals surface area contributed by atoms with Gasteiger partial charge in [0.25, 0.3) is 0 Å². The highest BCUT2D eigenvalue weighted by atomic mass is 79.9. The van der Waals surface area contributed by atoms with E-state index in [1.807, 2.05) is 32.9 Å². The van der Waals surface area contributed by atoms with Crippen molar-refractivity contribution >= 4 is 28.0 Å². The molecule has 160 valence electrons. The number of pyridine rings is 1. The van der Waals surface area contributed by atoms with Crippen LogP contribution < -0.4 is 0 Å². The number of carbonyl (C=O) groups is 2. The van der Waals surface area contributed by atoms with Gasteiger partial charge in [-0.1, -0.05) is 6.07 Å². The Bertz CT molecular complexity index is 763. The Morgan fingerprint density at radius 3 is 2.66 bits per heavy atom. The van der Waals surface area contributed by atoms with Crippen molar-refractivity contribution in [3.8, 4) is 0 Å². The highest BCUT2D eigenvalue weighted by Gasteiger charge is 2.52. The van der Waals surface area contributed by atoms with Crippen LogP contribution in [0.15, 0.2) is 22.9 Å². The molecule has 1 aliphatic carbocycles. The molecule has 1 aromatic heterocycles. The van der Waals surface area contributed by atoms with Crippen LogP contribution in [-0.4, -0.2) is 52.4 Å². The van der Waals surface area contributed by atoms with Gasteiger partial charge in [-0.2, -0.15) is 0 Å². The van der Waals surface area contributed by atoms with Crippen molar-refractivity contribution in [2.45, 2.75) is 64.1 Å². The number of rotatable bonds is 4. The SMILES string of the molecule is CC(C)(C)OC(=O)N1CCCC2(CCC(OCC(=O)O)(c3ccc(Br)nc3)C2)C1. The number of hydrogen-bond donors (Lipinski definition) is 1. The minimum atomic E-state index is -0.991. The van der Waals surface area contributed by atoms with E-state index < -0.39 is 17.2 Å². The molecule has 2 heterocycles. The molecule has 1 aromatic rings. The zero-order chi connectivity index (χ0) is 21.3. The molecule has 3 rings (SSSR count). The molecular formula is C21H29BrN2O5. The zero-order valence-corrected chi connectivity index (χ0v) is 18.8. The van der Waals surface area contributed by atoms with Crippen LogP contribution in [0.2, 0.25) is 0 Å². The molecule has 0 aromatic carbocycles. The Kier molecular flexibility index (Phi) is 6.24. The summed E-state index contributed by atoms with van der Waals surface area (Å²) in [6.45, 7) is 6.52. The number of hydrogen-bond acceptors (Lipinski definition) is 5. The lowest BCUT2D eigenvalue weighted by Crippen LogP contribution is -2.47. The molecule has 1 amide bonds. The van der Waals surface area contributed by atoms with Crippen LogP contribution in [0, 0.1) is 5.41 Å². The summed E-state index contributed by atoms with van der Waals surface area (Å²) in [5.74, 6) is -0.991. The second-order valence-corrected chi connectivity index (χ2v) is 10.0. The average molecular weight is 469 g/mol. The van der Waals surface area contributed by atoms with Crippen LogP contribution in [0.4, 0.5) is 4.79 Å². The molecule has 1 saturated heterocycles. The Hall–Kier alpha value is -1.67. The Balaban J connectivity index is 1.81. The van der Waals surface area contributed by atoms with Crippen molar-refractivity contribution in [3.63, 3.8) is 0 Å². The molecule has 8 heteroatoms. The molecule has 7 nitrogen and oxygen atoms in total. The second kappa shape index (κ2) is 8.22. The van der Waals surface area contributed by atoms with E-state index in [4.69, 9.17) is 9.47 Å². The quantitative estimate of drug-likeness (QED) is 0.660. The molecule has 2 unspecified atom stereocenters. The van der Waals surface area contributed by atoms with Gasteiger partial charge in [0.2, 0.25) is 0 Å². The third kappa shape index (κ3) is 5.28. The first-order valence-electron chi connectivity index (χ1n) is 9.98. The molecule has 2 atom stereocenters. The highest BCUT2D eigenvalue weighted by Crippen LogP contribution is 2.55. The molecule has 1 aliphatic heterocycles. The van der Waals surface area contributed by atoms with Crippen LogP contribution in [-0.2, 0) is 19.9 Å². The second-order valence-electron chi connectivity index (χ2n) is 9.23. The number of piperidine rings is 1. The van der Waals surface area contributed by atoms with Crippen LogP contribution in [0.3, 0.4) is 0 Å². The fourth-order valence-corrected chi connectivity index (χ4v) is 4.82. The van der Waals surface area contributed by atoms with E-state index in [2.05, 4.69) is 20.9 Å². The maximum Gasteiger partial charge on any atom is 0.410 e. The maximum absolute atomic E-state index is 12.6. The van der Waals surface area contributed by atoms with E-state index in [9.17, 15) is 14.7 Å². The number of carboxylic acid groups (broad SMARTS) is 1. The molecule has 0 bridgehead atoms. The topological polar surface area (TPSA) is 89.0 Å². The van der Waals surface area contributed by atoms with Crippen LogP contribution in [0.25, 0.3) is 0 Å². The van der Waals surface area contributed by atoms with Gasteiger partial charge in [0.05, 0.1) is 5.60 Å². The number of nitrogens with zero attached hydrogens (tertiary/aromatic N) is 2. The van der Waals surface area contributed by atoms with Crippen molar-refractivity contribution in [1.29, 1.82) is 0 Å². The Morgan fingerprint density at radius 2 is 2.03 bits per heavy atom. The largest absolute Gasteiger partial charge is 0.480 e. The molecule has 1 saturated carbocycles. The van der Waals surface area contributed by atoms with Crippen molar-refractivity contribution in [2.75, 3.05) is 19.7 Å². The van der Waals surface area contributed by atoms with E-state index >= 15 is 0 Å². The number of aliphatic carboxylic acids is 1. The third-order valence-electron chi connectivity index (χ3n) is 5.76. The van der Waals surface area contributed by atoms with Gasteiger partial charge in [0.1, 0.15) is 16.8 Å². The van der Waals surface area contributed by atoms with Gasteiger partial charge in [-0.25, -0.2) is 14.6 Å². The zero-order valence-electron chi connectivity index (χ0n) is 17.2. The van der Waals surface area contributed by atoms with E-state index in [-0.39, 0.29) is 18.1 Å². The molecule has 29 heavy (non-hydrogen) atoms. The van der Waals surface area contributed by atoms with Crippen molar-refractivity contribution < 1.29 is 24.2 Å². The average Bonchev–Trinajstić information content (AvgIpc) is 2.98. The van der Waals surface area contributed by atoms with E-state index in [0.717, 1.165) is 29.4 Å². The van der Waals surface area contributed by atoms with E-state index in [1.54, 1.807) is 11.1 Å². The minimum absolute atomic E-state index is 0.110. The van der Waals surface area contributed by atoms with Gasteiger partial charge in [-0.05, 0) is 80.3 Å². The first-order valence-corrected chi connectivity index (χ1v) is 10.8. The lowest BCUT2D eigenvalue weighted by molar-refractivity contribution is -0.151. The van der Waals surface area contributed by atoms with Gasteiger partial charge in [-0.3, -0.25) is 0 Å². The van der Waals surface area contributed by atoms with E-state index in [1.165, 1.54) is 0 Å². The molecule has 2 aliphatic rings. The molecular weight excluding hydrogens is 440 g/mol. The van der Waals surface area contributed by atoms with Crippen molar-refractivity contribution in [3.05, 3.63) is 28.5 Å². The first-order chi connectivity index (χ1) is 13.5. The molecule has 1 N–H and O–H groups in total. The smallest absolute Gasteiger partial charge is 0.410 e. The fourth-order valence-electron chi connectivity index (χ4n) is 4.59. The standard InChI is InChI=1S/C21H29BrN2O5/c1-19(2,3)29-18(27)24-10-4-7-20(14-24)8-9-21(13-20,28-12-17(25)26)15-5-6-16(22)23-11-15/h5-6,11H,4,7-10,12-14H2,1-3H3,(H,25,26). The number of ether oxygens (including phenoxy) is 2. The molecule has 0 radical (unpaired) electrons. The minimum Gasteiger partial charge on any atom is -0.480 e. The highest BCUT2D eigenvalue weighted by molar-refractivity contribution is 9.10. The summed E-state index contributed by atoms with van der Waals surface area (Å²) in [6, 6.07) is 3.78. The first kappa shape index (κ1) is 22.0. The summed E-state index contributed by atoms with van der Waals surface area (Å²) >= 11 is 3.35. The number of amides is 1.